The molecule has 33 heavy (non-hydrogen) atoms. The number of aromatic nitrogens is 3. The second-order valence-corrected chi connectivity index (χ2v) is 8.11. The van der Waals surface area contributed by atoms with E-state index in [9.17, 15) is 22.8 Å². The van der Waals surface area contributed by atoms with Crippen molar-refractivity contribution in [3.05, 3.63) is 88.3 Å². The first-order chi connectivity index (χ1) is 15.6. The van der Waals surface area contributed by atoms with Gasteiger partial charge < -0.3 is 0 Å². The largest absolute Gasteiger partial charge is 0.417 e. The maximum Gasteiger partial charge on any atom is 0.417 e. The predicted molar refractivity (Wildman–Crippen MR) is 115 cm³/mol. The van der Waals surface area contributed by atoms with Crippen molar-refractivity contribution in [1.29, 1.82) is 0 Å². The van der Waals surface area contributed by atoms with Crippen molar-refractivity contribution in [3.63, 3.8) is 0 Å². The van der Waals surface area contributed by atoms with Gasteiger partial charge in [-0.25, -0.2) is 4.90 Å². The molecule has 2 aromatic carbocycles. The fraction of sp³-hybridized carbons (Fsp3) is 0.130. The number of fused-ring (bicyclic) bond motifs is 2. The Hall–Kier alpha value is -3.72. The molecule has 2 aromatic heterocycles. The molecule has 1 aliphatic rings. The number of amides is 2. The van der Waals surface area contributed by atoms with E-state index in [0.717, 1.165) is 11.0 Å². The Bertz CT molecular complexity index is 1430. The van der Waals surface area contributed by atoms with Crippen LogP contribution in [0.4, 0.5) is 18.9 Å². The minimum Gasteiger partial charge on any atom is -0.275 e. The van der Waals surface area contributed by atoms with Crippen molar-refractivity contribution >= 4 is 40.0 Å². The molecular formula is C23H14ClF3N4O2. The predicted octanol–water partition coefficient (Wildman–Crippen LogP) is 4.96. The highest BCUT2D eigenvalue weighted by molar-refractivity contribution is 6.30. The lowest BCUT2D eigenvalue weighted by Gasteiger charge is -2.32. The Labute approximate surface area is 190 Å². The van der Waals surface area contributed by atoms with Crippen LogP contribution in [0.25, 0.3) is 10.9 Å². The summed E-state index contributed by atoms with van der Waals surface area (Å²) in [6.45, 7) is 0. The van der Waals surface area contributed by atoms with E-state index < -0.39 is 29.5 Å². The van der Waals surface area contributed by atoms with E-state index in [0.29, 0.717) is 27.7 Å². The molecule has 0 radical (unpaired) electrons. The maximum atomic E-state index is 13.6. The van der Waals surface area contributed by atoms with Crippen molar-refractivity contribution in [2.45, 2.75) is 12.1 Å². The summed E-state index contributed by atoms with van der Waals surface area (Å²) in [7, 11) is 1.74. The Morgan fingerprint density at radius 3 is 2.45 bits per heavy atom. The van der Waals surface area contributed by atoms with Crippen molar-refractivity contribution in [1.82, 2.24) is 14.8 Å². The second-order valence-electron chi connectivity index (χ2n) is 7.67. The van der Waals surface area contributed by atoms with Crippen molar-refractivity contribution in [2.24, 2.45) is 7.05 Å². The average molecular weight is 471 g/mol. The van der Waals surface area contributed by atoms with Crippen LogP contribution in [0.1, 0.15) is 33.1 Å². The fourth-order valence-electron chi connectivity index (χ4n) is 4.00. The molecule has 2 amide bonds. The van der Waals surface area contributed by atoms with E-state index >= 15 is 0 Å². The zero-order valence-corrected chi connectivity index (χ0v) is 17.7. The molecule has 4 aromatic rings. The van der Waals surface area contributed by atoms with Gasteiger partial charge in [-0.2, -0.15) is 18.3 Å². The molecule has 3 heterocycles. The van der Waals surface area contributed by atoms with Gasteiger partial charge in [0.25, 0.3) is 5.91 Å². The van der Waals surface area contributed by atoms with Gasteiger partial charge in [0.2, 0.25) is 5.91 Å². The molecule has 166 valence electrons. The Balaban J connectivity index is 1.71. The number of carbonyl (C=O) groups is 2. The number of halogens is 4. The molecule has 1 unspecified atom stereocenters. The van der Waals surface area contributed by atoms with Gasteiger partial charge in [0.1, 0.15) is 5.69 Å². The van der Waals surface area contributed by atoms with Crippen LogP contribution in [0, 0.1) is 0 Å². The highest BCUT2D eigenvalue weighted by atomic mass is 35.5. The standard InChI is InChI=1S/C23H14ClF3N4O2/c1-30-11-13-8-16(6-7-18(13)29-30)31-21(32)19(12-2-4-15(24)5-3-12)17-9-14(23(25,26)27)10-28-20(17)22(31)33/h2-11,19H,1H3. The second kappa shape index (κ2) is 7.41. The average Bonchev–Trinajstić information content (AvgIpc) is 3.13. The van der Waals surface area contributed by atoms with Gasteiger partial charge in [0.15, 0.2) is 0 Å². The number of alkyl halides is 3. The number of pyridine rings is 1. The van der Waals surface area contributed by atoms with E-state index in [-0.39, 0.29) is 16.9 Å². The Morgan fingerprint density at radius 1 is 1.03 bits per heavy atom. The maximum absolute atomic E-state index is 13.6. The molecule has 6 nitrogen and oxygen atoms in total. The first-order valence-corrected chi connectivity index (χ1v) is 10.2. The van der Waals surface area contributed by atoms with Crippen LogP contribution in [0.3, 0.4) is 0 Å². The summed E-state index contributed by atoms with van der Waals surface area (Å²) < 4.78 is 41.7. The topological polar surface area (TPSA) is 68.1 Å². The van der Waals surface area contributed by atoms with Gasteiger partial charge in [-0.15, -0.1) is 0 Å². The molecule has 5 rings (SSSR count). The molecule has 0 saturated carbocycles. The number of aryl methyl sites for hydroxylation is 1. The number of imide groups is 1. The number of nitrogens with zero attached hydrogens (tertiary/aromatic N) is 4. The minimum atomic E-state index is -4.68. The molecule has 10 heteroatoms. The molecule has 0 aliphatic carbocycles. The minimum absolute atomic E-state index is 0.0964. The van der Waals surface area contributed by atoms with Gasteiger partial charge in [-0.05, 0) is 42.0 Å². The third-order valence-electron chi connectivity index (χ3n) is 5.49. The number of rotatable bonds is 2. The van der Waals surface area contributed by atoms with Crippen LogP contribution in [0.5, 0.6) is 0 Å². The van der Waals surface area contributed by atoms with Crippen LogP contribution in [-0.4, -0.2) is 26.6 Å². The van der Waals surface area contributed by atoms with E-state index in [2.05, 4.69) is 10.1 Å². The first-order valence-electron chi connectivity index (χ1n) is 9.78. The fourth-order valence-corrected chi connectivity index (χ4v) is 4.13. The Kier molecular flexibility index (Phi) is 4.75. The molecule has 0 N–H and O–H groups in total. The van der Waals surface area contributed by atoms with Gasteiger partial charge in [0, 0.05) is 35.4 Å². The molecule has 1 aliphatic heterocycles. The van der Waals surface area contributed by atoms with Crippen LogP contribution in [-0.2, 0) is 18.0 Å². The normalized spacial score (nSPS) is 16.4. The van der Waals surface area contributed by atoms with E-state index in [1.54, 1.807) is 48.3 Å². The summed E-state index contributed by atoms with van der Waals surface area (Å²) in [5.41, 5.74) is -0.00924. The molecular weight excluding hydrogens is 457 g/mol. The van der Waals surface area contributed by atoms with Crippen molar-refractivity contribution in [3.8, 4) is 0 Å². The molecule has 0 spiro atoms. The summed E-state index contributed by atoms with van der Waals surface area (Å²) >= 11 is 5.96. The number of anilines is 1. The zero-order valence-electron chi connectivity index (χ0n) is 17.0. The highest BCUT2D eigenvalue weighted by Crippen LogP contribution is 2.39. The number of benzene rings is 2. The van der Waals surface area contributed by atoms with Crippen LogP contribution in [0.2, 0.25) is 5.02 Å². The third kappa shape index (κ3) is 3.54. The summed E-state index contributed by atoms with van der Waals surface area (Å²) in [5.74, 6) is -2.65. The molecule has 1 atom stereocenters. The summed E-state index contributed by atoms with van der Waals surface area (Å²) in [6, 6.07) is 11.9. The first kappa shape index (κ1) is 21.1. The Morgan fingerprint density at radius 2 is 1.76 bits per heavy atom. The lowest BCUT2D eigenvalue weighted by molar-refractivity contribution is -0.138. The van der Waals surface area contributed by atoms with Gasteiger partial charge in [-0.1, -0.05) is 23.7 Å². The quantitative estimate of drug-likeness (QED) is 0.388. The van der Waals surface area contributed by atoms with Crippen LogP contribution in [0.15, 0.2) is 60.9 Å². The lowest BCUT2D eigenvalue weighted by Crippen LogP contribution is -2.46. The lowest BCUT2D eigenvalue weighted by atomic mass is 9.84. The summed E-state index contributed by atoms with van der Waals surface area (Å²) in [4.78, 5) is 31.7. The van der Waals surface area contributed by atoms with Gasteiger partial charge in [-0.3, -0.25) is 19.3 Å². The third-order valence-corrected chi connectivity index (χ3v) is 5.74. The molecule has 0 saturated heterocycles. The van der Waals surface area contributed by atoms with Crippen molar-refractivity contribution in [2.75, 3.05) is 4.90 Å². The van der Waals surface area contributed by atoms with E-state index in [1.165, 1.54) is 12.1 Å². The van der Waals surface area contributed by atoms with E-state index in [4.69, 9.17) is 11.6 Å². The number of hydrogen-bond acceptors (Lipinski definition) is 4. The molecule has 0 fully saturated rings. The SMILES string of the molecule is Cn1cc2cc(N3C(=O)c4ncc(C(F)(F)F)cc4C(c4ccc(Cl)cc4)C3=O)ccc2n1. The van der Waals surface area contributed by atoms with Crippen molar-refractivity contribution < 1.29 is 22.8 Å². The summed E-state index contributed by atoms with van der Waals surface area (Å²) in [5, 5.41) is 5.37. The van der Waals surface area contributed by atoms with Crippen LogP contribution < -0.4 is 4.90 Å². The van der Waals surface area contributed by atoms with E-state index in [1.807, 2.05) is 0 Å². The molecule has 0 bridgehead atoms. The monoisotopic (exact) mass is 470 g/mol. The van der Waals surface area contributed by atoms with Crippen LogP contribution >= 0.6 is 11.6 Å². The number of carbonyl (C=O) groups excluding carboxylic acids is 2. The van der Waals surface area contributed by atoms with Gasteiger partial charge in [0.05, 0.1) is 22.7 Å². The zero-order chi connectivity index (χ0) is 23.5. The summed E-state index contributed by atoms with van der Waals surface area (Å²) in [6.07, 6.45) is -2.34. The highest BCUT2D eigenvalue weighted by Gasteiger charge is 2.43. The number of hydrogen-bond donors (Lipinski definition) is 0. The smallest absolute Gasteiger partial charge is 0.275 e. The van der Waals surface area contributed by atoms with Gasteiger partial charge >= 0.3 is 6.18 Å².